The monoisotopic (exact) mass is 254 g/mol. The zero-order chi connectivity index (χ0) is 9.68. The maximum absolute atomic E-state index is 5.96. The van der Waals surface area contributed by atoms with E-state index in [0.717, 1.165) is 30.1 Å². The molecule has 1 aromatic rings. The van der Waals surface area contributed by atoms with Crippen molar-refractivity contribution in [1.82, 2.24) is 0 Å². The Morgan fingerprint density at radius 2 is 2.07 bits per heavy atom. The lowest BCUT2D eigenvalue weighted by atomic mass is 10.1. The summed E-state index contributed by atoms with van der Waals surface area (Å²) in [6, 6.07) is 4.02. The number of thiophene rings is 1. The maximum atomic E-state index is 5.96. The van der Waals surface area contributed by atoms with Crippen LogP contribution in [-0.2, 0) is 0 Å². The lowest BCUT2D eigenvalue weighted by Gasteiger charge is -2.07. The minimum atomic E-state index is 0. The van der Waals surface area contributed by atoms with Gasteiger partial charge in [-0.1, -0.05) is 18.0 Å². The molecule has 0 saturated heterocycles. The second-order valence-corrected chi connectivity index (χ2v) is 4.78. The fourth-order valence-corrected chi connectivity index (χ4v) is 2.28. The van der Waals surface area contributed by atoms with Gasteiger partial charge in [-0.05, 0) is 31.5 Å². The van der Waals surface area contributed by atoms with Gasteiger partial charge in [0.2, 0.25) is 0 Å². The molecule has 0 aromatic carbocycles. The van der Waals surface area contributed by atoms with Gasteiger partial charge in [-0.15, -0.1) is 23.7 Å². The molecule has 14 heavy (non-hydrogen) atoms. The second-order valence-electron chi connectivity index (χ2n) is 3.03. The van der Waals surface area contributed by atoms with Crippen LogP contribution in [0.5, 0.6) is 0 Å². The molecule has 0 aliphatic heterocycles. The first-order chi connectivity index (χ1) is 6.24. The molecule has 0 spiro atoms. The summed E-state index contributed by atoms with van der Waals surface area (Å²) in [5, 5.41) is 0. The van der Waals surface area contributed by atoms with E-state index in [1.165, 1.54) is 4.88 Å². The Kier molecular flexibility index (Phi) is 7.59. The van der Waals surface area contributed by atoms with Crippen LogP contribution in [0.2, 0.25) is 4.34 Å². The van der Waals surface area contributed by atoms with Crippen LogP contribution in [0.3, 0.4) is 0 Å². The average molecular weight is 255 g/mol. The molecule has 0 radical (unpaired) electrons. The van der Waals surface area contributed by atoms with E-state index in [1.54, 1.807) is 11.3 Å². The van der Waals surface area contributed by atoms with Crippen molar-refractivity contribution in [2.45, 2.75) is 25.3 Å². The number of halogens is 2. The lowest BCUT2D eigenvalue weighted by molar-refractivity contribution is 0.598. The van der Waals surface area contributed by atoms with Crippen molar-refractivity contribution in [2.75, 3.05) is 6.54 Å². The zero-order valence-corrected chi connectivity index (χ0v) is 10.3. The summed E-state index contributed by atoms with van der Waals surface area (Å²) in [5.41, 5.74) is 11.4. The van der Waals surface area contributed by atoms with E-state index in [-0.39, 0.29) is 18.4 Å². The predicted octanol–water partition coefficient (Wildman–Crippen LogP) is 2.95. The summed E-state index contributed by atoms with van der Waals surface area (Å²) in [4.78, 5) is 1.17. The van der Waals surface area contributed by atoms with E-state index in [2.05, 4.69) is 0 Å². The van der Waals surface area contributed by atoms with E-state index in [1.807, 2.05) is 12.1 Å². The summed E-state index contributed by atoms with van der Waals surface area (Å²) >= 11 is 7.37. The SMILES string of the molecule is Cl.NCCCC[C@H](N)c1ccc(Cl)s1. The summed E-state index contributed by atoms with van der Waals surface area (Å²) in [5.74, 6) is 0. The number of unbranched alkanes of at least 4 members (excludes halogenated alkanes) is 1. The smallest absolute Gasteiger partial charge is 0.0931 e. The van der Waals surface area contributed by atoms with Crippen LogP contribution in [-0.4, -0.2) is 6.54 Å². The molecule has 4 N–H and O–H groups in total. The van der Waals surface area contributed by atoms with Gasteiger partial charge >= 0.3 is 0 Å². The van der Waals surface area contributed by atoms with Gasteiger partial charge in [0.25, 0.3) is 0 Å². The van der Waals surface area contributed by atoms with Crippen molar-refractivity contribution < 1.29 is 0 Å². The first kappa shape index (κ1) is 14.2. The molecule has 0 aliphatic carbocycles. The first-order valence-corrected chi connectivity index (χ1v) is 5.64. The van der Waals surface area contributed by atoms with Crippen LogP contribution in [0.1, 0.15) is 30.2 Å². The van der Waals surface area contributed by atoms with Crippen molar-refractivity contribution in [3.05, 3.63) is 21.3 Å². The Labute approximate surface area is 100 Å². The highest BCUT2D eigenvalue weighted by molar-refractivity contribution is 7.16. The van der Waals surface area contributed by atoms with E-state index < -0.39 is 0 Å². The Hall–Kier alpha value is 0.200. The highest BCUT2D eigenvalue weighted by Crippen LogP contribution is 2.27. The minimum Gasteiger partial charge on any atom is -0.330 e. The summed E-state index contributed by atoms with van der Waals surface area (Å²) in [6.45, 7) is 0.748. The molecule has 5 heteroatoms. The van der Waals surface area contributed by atoms with Crippen LogP contribution in [0.25, 0.3) is 0 Å². The largest absolute Gasteiger partial charge is 0.330 e. The average Bonchev–Trinajstić information content (AvgIpc) is 2.52. The topological polar surface area (TPSA) is 52.0 Å². The zero-order valence-electron chi connectivity index (χ0n) is 7.91. The molecule has 0 fully saturated rings. The molecule has 1 rings (SSSR count). The maximum Gasteiger partial charge on any atom is 0.0931 e. The van der Waals surface area contributed by atoms with Gasteiger partial charge in [0.1, 0.15) is 0 Å². The highest BCUT2D eigenvalue weighted by Gasteiger charge is 2.07. The molecule has 0 aliphatic rings. The third kappa shape index (κ3) is 4.62. The van der Waals surface area contributed by atoms with Crippen LogP contribution >= 0.6 is 35.3 Å². The van der Waals surface area contributed by atoms with Gasteiger partial charge in [-0.3, -0.25) is 0 Å². The summed E-state index contributed by atoms with van der Waals surface area (Å²) in [7, 11) is 0. The Bertz CT molecular complexity index is 253. The molecule has 1 atom stereocenters. The third-order valence-electron chi connectivity index (χ3n) is 1.93. The van der Waals surface area contributed by atoms with Gasteiger partial charge in [-0.25, -0.2) is 0 Å². The molecular formula is C9H16Cl2N2S. The second kappa shape index (κ2) is 7.49. The van der Waals surface area contributed by atoms with E-state index in [9.17, 15) is 0 Å². The van der Waals surface area contributed by atoms with Gasteiger partial charge in [-0.2, -0.15) is 0 Å². The molecule has 0 saturated carbocycles. The highest BCUT2D eigenvalue weighted by atomic mass is 35.5. The van der Waals surface area contributed by atoms with Gasteiger partial charge in [0.15, 0.2) is 0 Å². The minimum absolute atomic E-state index is 0. The molecule has 0 bridgehead atoms. The molecular weight excluding hydrogens is 239 g/mol. The Morgan fingerprint density at radius 3 is 2.57 bits per heavy atom. The predicted molar refractivity (Wildman–Crippen MR) is 66.4 cm³/mol. The number of hydrogen-bond acceptors (Lipinski definition) is 3. The van der Waals surface area contributed by atoms with Crippen LogP contribution in [0.15, 0.2) is 12.1 Å². The van der Waals surface area contributed by atoms with Crippen molar-refractivity contribution >= 4 is 35.3 Å². The quantitative estimate of drug-likeness (QED) is 0.795. The van der Waals surface area contributed by atoms with Crippen molar-refractivity contribution in [1.29, 1.82) is 0 Å². The Balaban J connectivity index is 0.00000169. The normalized spacial score (nSPS) is 12.2. The van der Waals surface area contributed by atoms with Gasteiger partial charge < -0.3 is 11.5 Å². The lowest BCUT2D eigenvalue weighted by Crippen LogP contribution is -2.09. The molecule has 2 nitrogen and oxygen atoms in total. The number of nitrogens with two attached hydrogens (primary N) is 2. The fraction of sp³-hybridized carbons (Fsp3) is 0.556. The standard InChI is InChI=1S/C9H15ClN2S.ClH/c10-9-5-4-8(13-9)7(12)3-1-2-6-11;/h4-5,7H,1-3,6,11-12H2;1H/t7-;/m0./s1. The third-order valence-corrected chi connectivity index (χ3v) is 3.29. The van der Waals surface area contributed by atoms with E-state index in [0.29, 0.717) is 0 Å². The van der Waals surface area contributed by atoms with E-state index >= 15 is 0 Å². The molecule has 0 unspecified atom stereocenters. The van der Waals surface area contributed by atoms with Crippen molar-refractivity contribution in [2.24, 2.45) is 11.5 Å². The molecule has 0 amide bonds. The molecule has 1 aromatic heterocycles. The number of hydrogen-bond donors (Lipinski definition) is 2. The Morgan fingerprint density at radius 1 is 1.36 bits per heavy atom. The van der Waals surface area contributed by atoms with Crippen LogP contribution in [0.4, 0.5) is 0 Å². The fourth-order valence-electron chi connectivity index (χ4n) is 1.18. The summed E-state index contributed by atoms with van der Waals surface area (Å²) in [6.07, 6.45) is 3.13. The van der Waals surface area contributed by atoms with Gasteiger partial charge in [0, 0.05) is 10.9 Å². The van der Waals surface area contributed by atoms with Crippen LogP contribution in [0, 0.1) is 0 Å². The molecule has 1 heterocycles. The molecule has 82 valence electrons. The number of rotatable bonds is 5. The van der Waals surface area contributed by atoms with Crippen molar-refractivity contribution in [3.63, 3.8) is 0 Å². The van der Waals surface area contributed by atoms with E-state index in [4.69, 9.17) is 23.1 Å². The first-order valence-electron chi connectivity index (χ1n) is 4.45. The van der Waals surface area contributed by atoms with Gasteiger partial charge in [0.05, 0.1) is 4.34 Å². The van der Waals surface area contributed by atoms with Crippen LogP contribution < -0.4 is 11.5 Å². The summed E-state index contributed by atoms with van der Waals surface area (Å²) < 4.78 is 0.810. The van der Waals surface area contributed by atoms with Crippen molar-refractivity contribution in [3.8, 4) is 0 Å².